The molecule has 5 rings (SSSR count). The van der Waals surface area contributed by atoms with Gasteiger partial charge in [0.15, 0.2) is 5.03 Å². The van der Waals surface area contributed by atoms with Crippen molar-refractivity contribution in [2.75, 3.05) is 31.1 Å². The minimum atomic E-state index is -3.82. The van der Waals surface area contributed by atoms with Crippen LogP contribution in [0.4, 0.5) is 5.69 Å². The van der Waals surface area contributed by atoms with E-state index < -0.39 is 10.0 Å². The maximum absolute atomic E-state index is 14.0. The Morgan fingerprint density at radius 2 is 2.03 bits per heavy atom. The van der Waals surface area contributed by atoms with Crippen molar-refractivity contribution in [3.8, 4) is 6.07 Å². The van der Waals surface area contributed by atoms with Crippen LogP contribution in [0.1, 0.15) is 29.7 Å². The molecule has 0 bridgehead atoms. The number of hydrogen-bond acceptors (Lipinski definition) is 7. The van der Waals surface area contributed by atoms with Gasteiger partial charge in [-0.2, -0.15) is 9.57 Å². The third-order valence-electron chi connectivity index (χ3n) is 7.26. The average molecular weight is 509 g/mol. The first kappa shape index (κ1) is 24.5. The van der Waals surface area contributed by atoms with Crippen LogP contribution in [0.15, 0.2) is 48.3 Å². The van der Waals surface area contributed by atoms with Crippen LogP contribution in [0, 0.1) is 17.2 Å². The van der Waals surface area contributed by atoms with Crippen molar-refractivity contribution in [3.63, 3.8) is 0 Å². The Morgan fingerprint density at radius 1 is 1.22 bits per heavy atom. The molecule has 2 aliphatic rings. The highest BCUT2D eigenvalue weighted by molar-refractivity contribution is 7.89. The van der Waals surface area contributed by atoms with Gasteiger partial charge < -0.3 is 19.4 Å². The normalized spacial score (nSPS) is 18.8. The van der Waals surface area contributed by atoms with E-state index in [-0.39, 0.29) is 17.0 Å². The molecule has 1 fully saturated rings. The first-order chi connectivity index (χ1) is 17.3. The summed E-state index contributed by atoms with van der Waals surface area (Å²) in [6.45, 7) is 3.39. The van der Waals surface area contributed by atoms with Crippen molar-refractivity contribution in [2.24, 2.45) is 20.0 Å². The fourth-order valence-electron chi connectivity index (χ4n) is 5.28. The number of imidazole rings is 2. The summed E-state index contributed by atoms with van der Waals surface area (Å²) in [5.74, 6) is 0.280. The van der Waals surface area contributed by atoms with Crippen molar-refractivity contribution in [2.45, 2.75) is 36.9 Å². The number of nitriles is 1. The van der Waals surface area contributed by atoms with Crippen molar-refractivity contribution in [1.82, 2.24) is 28.7 Å². The van der Waals surface area contributed by atoms with Crippen molar-refractivity contribution in [3.05, 3.63) is 60.1 Å². The van der Waals surface area contributed by atoms with E-state index in [1.807, 2.05) is 36.0 Å². The summed E-state index contributed by atoms with van der Waals surface area (Å²) in [5, 5.41) is 13.0. The number of nitrogens with zero attached hydrogens (tertiary/aromatic N) is 7. The summed E-state index contributed by atoms with van der Waals surface area (Å²) in [5.41, 5.74) is 3.62. The maximum atomic E-state index is 14.0. The highest BCUT2D eigenvalue weighted by atomic mass is 32.2. The van der Waals surface area contributed by atoms with E-state index in [0.717, 1.165) is 42.9 Å². The number of aromatic nitrogens is 4. The zero-order valence-corrected chi connectivity index (χ0v) is 21.5. The molecule has 36 heavy (non-hydrogen) atoms. The van der Waals surface area contributed by atoms with Gasteiger partial charge in [-0.25, -0.2) is 18.4 Å². The Balaban J connectivity index is 1.53. The number of benzene rings is 1. The van der Waals surface area contributed by atoms with E-state index in [1.165, 1.54) is 6.33 Å². The quantitative estimate of drug-likeness (QED) is 0.516. The lowest BCUT2D eigenvalue weighted by molar-refractivity contribution is 0.239. The van der Waals surface area contributed by atoms with Crippen LogP contribution >= 0.6 is 0 Å². The molecule has 1 aromatic carbocycles. The number of anilines is 1. The lowest BCUT2D eigenvalue weighted by Crippen LogP contribution is -2.52. The first-order valence-electron chi connectivity index (χ1n) is 12.3. The Bertz CT molecular complexity index is 1370. The van der Waals surface area contributed by atoms with E-state index >= 15 is 0 Å². The summed E-state index contributed by atoms with van der Waals surface area (Å²) in [6.07, 6.45) is 9.13. The average Bonchev–Trinajstić information content (AvgIpc) is 3.50. The SMILES string of the molecule is Cn1cnc(S(=O)(=O)N(CC2CCNCC2)C2Cc3cc(C#N)ccc3N(Cc3cncn3C)C2)c1. The molecule has 190 valence electrons. The molecule has 3 aromatic rings. The number of aryl methyl sites for hydroxylation is 2. The number of hydrogen-bond donors (Lipinski definition) is 1. The fourth-order valence-corrected chi connectivity index (χ4v) is 6.94. The second kappa shape index (κ2) is 10.0. The van der Waals surface area contributed by atoms with Gasteiger partial charge in [-0.05, 0) is 62.0 Å². The molecule has 1 saturated heterocycles. The lowest BCUT2D eigenvalue weighted by atomic mass is 9.94. The summed E-state index contributed by atoms with van der Waals surface area (Å²) in [4.78, 5) is 10.7. The van der Waals surface area contributed by atoms with Gasteiger partial charge in [-0.15, -0.1) is 0 Å². The Hall–Kier alpha value is -3.20. The number of nitrogens with one attached hydrogen (secondary N) is 1. The van der Waals surface area contributed by atoms with Gasteiger partial charge in [0.05, 0.1) is 36.5 Å². The van der Waals surface area contributed by atoms with Crippen molar-refractivity contribution >= 4 is 15.7 Å². The Morgan fingerprint density at radius 3 is 2.69 bits per heavy atom. The first-order valence-corrected chi connectivity index (χ1v) is 13.7. The summed E-state index contributed by atoms with van der Waals surface area (Å²) in [6, 6.07) is 7.64. The van der Waals surface area contributed by atoms with Crippen LogP contribution in [0.3, 0.4) is 0 Å². The summed E-state index contributed by atoms with van der Waals surface area (Å²) in [7, 11) is -0.0857. The molecule has 2 aliphatic heterocycles. The van der Waals surface area contributed by atoms with E-state index in [0.29, 0.717) is 31.6 Å². The number of sulfonamides is 1. The second-order valence-electron chi connectivity index (χ2n) is 9.84. The zero-order chi connectivity index (χ0) is 25.3. The molecule has 0 radical (unpaired) electrons. The second-order valence-corrected chi connectivity index (χ2v) is 11.7. The molecule has 0 aliphatic carbocycles. The highest BCUT2D eigenvalue weighted by Crippen LogP contribution is 2.34. The van der Waals surface area contributed by atoms with Crippen molar-refractivity contribution < 1.29 is 8.42 Å². The van der Waals surface area contributed by atoms with E-state index in [4.69, 9.17) is 0 Å². The highest BCUT2D eigenvalue weighted by Gasteiger charge is 2.38. The monoisotopic (exact) mass is 508 g/mol. The Labute approximate surface area is 212 Å². The number of piperidine rings is 1. The molecule has 1 N–H and O–H groups in total. The summed E-state index contributed by atoms with van der Waals surface area (Å²) < 4.78 is 33.3. The van der Waals surface area contributed by atoms with Gasteiger partial charge in [-0.3, -0.25) is 0 Å². The van der Waals surface area contributed by atoms with Gasteiger partial charge in [0, 0.05) is 51.3 Å². The van der Waals surface area contributed by atoms with Crippen LogP contribution < -0.4 is 10.2 Å². The molecule has 10 nitrogen and oxygen atoms in total. The molecule has 0 spiro atoms. The molecule has 0 amide bonds. The van der Waals surface area contributed by atoms with Gasteiger partial charge >= 0.3 is 0 Å². The lowest BCUT2D eigenvalue weighted by Gasteiger charge is -2.42. The molecule has 1 unspecified atom stereocenters. The predicted octanol–water partition coefficient (Wildman–Crippen LogP) is 1.65. The van der Waals surface area contributed by atoms with Crippen LogP contribution in [-0.2, 0) is 37.1 Å². The molecular formula is C25H32N8O2S. The largest absolute Gasteiger partial charge is 0.364 e. The van der Waals surface area contributed by atoms with Gasteiger partial charge in [-0.1, -0.05) is 0 Å². The molecule has 2 aromatic heterocycles. The number of rotatable bonds is 7. The Kier molecular flexibility index (Phi) is 6.83. The maximum Gasteiger partial charge on any atom is 0.262 e. The molecule has 0 saturated carbocycles. The van der Waals surface area contributed by atoms with Gasteiger partial charge in [0.25, 0.3) is 10.0 Å². The third-order valence-corrected chi connectivity index (χ3v) is 9.07. The summed E-state index contributed by atoms with van der Waals surface area (Å²) >= 11 is 0. The topological polar surface area (TPSA) is 112 Å². The zero-order valence-electron chi connectivity index (χ0n) is 20.7. The van der Waals surface area contributed by atoms with Crippen LogP contribution in [0.25, 0.3) is 0 Å². The van der Waals surface area contributed by atoms with Crippen LogP contribution in [0.2, 0.25) is 0 Å². The van der Waals surface area contributed by atoms with E-state index in [2.05, 4.69) is 26.3 Å². The smallest absolute Gasteiger partial charge is 0.262 e. The molecule has 4 heterocycles. The van der Waals surface area contributed by atoms with E-state index in [9.17, 15) is 13.7 Å². The molecular weight excluding hydrogens is 476 g/mol. The van der Waals surface area contributed by atoms with Crippen LogP contribution in [0.5, 0.6) is 0 Å². The third kappa shape index (κ3) is 4.89. The standard InChI is InChI=1S/C25H32N8O2S/c1-30-16-25(29-18-30)36(34,35)33(13-19-5-7-27-8-6-19)22-10-21-9-20(11-26)3-4-24(21)32(14-22)15-23-12-28-17-31(23)2/h3-4,9,12,16-19,22,27H,5-8,10,13-15H2,1-2H3. The van der Waals surface area contributed by atoms with Crippen LogP contribution in [-0.4, -0.2) is 64.0 Å². The minimum Gasteiger partial charge on any atom is -0.364 e. The predicted molar refractivity (Wildman–Crippen MR) is 136 cm³/mol. The van der Waals surface area contributed by atoms with Crippen molar-refractivity contribution in [1.29, 1.82) is 5.26 Å². The van der Waals surface area contributed by atoms with Gasteiger partial charge in [0.1, 0.15) is 0 Å². The van der Waals surface area contributed by atoms with E-state index in [1.54, 1.807) is 28.4 Å². The fraction of sp³-hybridized carbons (Fsp3) is 0.480. The molecule has 11 heteroatoms. The molecule has 1 atom stereocenters. The number of fused-ring (bicyclic) bond motifs is 1. The van der Waals surface area contributed by atoms with Gasteiger partial charge in [0.2, 0.25) is 0 Å². The minimum absolute atomic E-state index is 0.0775.